The fourth-order valence-corrected chi connectivity index (χ4v) is 4.33. The third-order valence-corrected chi connectivity index (χ3v) is 6.20. The Morgan fingerprint density at radius 1 is 1.14 bits per heavy atom. The van der Waals surface area contributed by atoms with Crippen molar-refractivity contribution in [3.05, 3.63) is 41.4 Å². The molecule has 12 heteroatoms. The van der Waals surface area contributed by atoms with Gasteiger partial charge in [0.05, 0.1) is 13.2 Å². The summed E-state index contributed by atoms with van der Waals surface area (Å²) < 4.78 is 50.9. The second kappa shape index (κ2) is 9.66. The standard InChI is InChI=1S/C25H28F3N5O4/c1-13(29)20-19(21(34)32-24(2,3)23(35)33-11-5-6-12-33)31-22(37-20)15-7-9-16(36-4)18-14(15)8-10-17(30-18)25(26,27)28/h7-10,13H,5-6,11-12,29H2,1-4H3,(H,32,34)/t13-/m0/s1. The maximum absolute atomic E-state index is 13.3. The molecular weight excluding hydrogens is 491 g/mol. The number of methoxy groups -OCH3 is 1. The van der Waals surface area contributed by atoms with Crippen molar-refractivity contribution in [2.45, 2.75) is 51.4 Å². The quantitative estimate of drug-likeness (QED) is 0.503. The summed E-state index contributed by atoms with van der Waals surface area (Å²) in [6.45, 7) is 6.08. The SMILES string of the molecule is COc1ccc(-c2nc(C(=O)NC(C)(C)C(=O)N3CCCC3)c([C@H](C)N)o2)c2ccc(C(F)(F)F)nc12. The lowest BCUT2D eigenvalue weighted by Crippen LogP contribution is -2.55. The molecule has 198 valence electrons. The zero-order valence-electron chi connectivity index (χ0n) is 20.9. The van der Waals surface area contributed by atoms with Crippen LogP contribution in [0.2, 0.25) is 0 Å². The van der Waals surface area contributed by atoms with E-state index in [4.69, 9.17) is 14.9 Å². The van der Waals surface area contributed by atoms with Gasteiger partial charge in [0.1, 0.15) is 22.5 Å². The van der Waals surface area contributed by atoms with Gasteiger partial charge in [-0.1, -0.05) is 0 Å². The number of nitrogens with zero attached hydrogens (tertiary/aromatic N) is 3. The smallest absolute Gasteiger partial charge is 0.433 e. The Balaban J connectivity index is 1.74. The molecule has 3 heterocycles. The van der Waals surface area contributed by atoms with Crippen molar-refractivity contribution in [1.29, 1.82) is 0 Å². The molecule has 0 bridgehead atoms. The molecule has 1 fully saturated rings. The Hall–Kier alpha value is -3.67. The number of alkyl halides is 3. The van der Waals surface area contributed by atoms with Crippen LogP contribution in [0, 0.1) is 0 Å². The molecule has 3 aromatic rings. The second-order valence-electron chi connectivity index (χ2n) is 9.50. The Bertz CT molecular complexity index is 1340. The summed E-state index contributed by atoms with van der Waals surface area (Å²) in [7, 11) is 1.32. The predicted molar refractivity (Wildman–Crippen MR) is 129 cm³/mol. The minimum atomic E-state index is -4.65. The van der Waals surface area contributed by atoms with Crippen LogP contribution in [0.4, 0.5) is 13.2 Å². The Kier molecular flexibility index (Phi) is 6.89. The molecule has 3 N–H and O–H groups in total. The minimum Gasteiger partial charge on any atom is -0.494 e. The van der Waals surface area contributed by atoms with Crippen LogP contribution in [0.3, 0.4) is 0 Å². The number of oxazole rings is 1. The maximum atomic E-state index is 13.3. The minimum absolute atomic E-state index is 0.0321. The van der Waals surface area contributed by atoms with Crippen LogP contribution in [-0.2, 0) is 11.0 Å². The first kappa shape index (κ1) is 26.4. The topological polar surface area (TPSA) is 124 Å². The molecule has 1 atom stereocenters. The van der Waals surface area contributed by atoms with Crippen molar-refractivity contribution in [3.8, 4) is 17.2 Å². The number of halogens is 3. The number of rotatable bonds is 6. The zero-order chi connectivity index (χ0) is 27.1. The van der Waals surface area contributed by atoms with Crippen LogP contribution in [-0.4, -0.2) is 52.4 Å². The predicted octanol–water partition coefficient (Wildman–Crippen LogP) is 4.07. The molecule has 1 saturated heterocycles. The number of nitrogens with two attached hydrogens (primary N) is 1. The molecule has 0 radical (unpaired) electrons. The molecular formula is C25H28F3N5O4. The van der Waals surface area contributed by atoms with Gasteiger partial charge in [-0.3, -0.25) is 9.59 Å². The first-order valence-corrected chi connectivity index (χ1v) is 11.8. The lowest BCUT2D eigenvalue weighted by atomic mass is 10.0. The van der Waals surface area contributed by atoms with Crippen LogP contribution >= 0.6 is 0 Å². The van der Waals surface area contributed by atoms with E-state index in [1.54, 1.807) is 31.7 Å². The van der Waals surface area contributed by atoms with Crippen LogP contribution in [0.5, 0.6) is 5.75 Å². The zero-order valence-corrected chi connectivity index (χ0v) is 20.9. The highest BCUT2D eigenvalue weighted by atomic mass is 19.4. The lowest BCUT2D eigenvalue weighted by Gasteiger charge is -2.29. The molecule has 1 aliphatic heterocycles. The van der Waals surface area contributed by atoms with Crippen molar-refractivity contribution in [1.82, 2.24) is 20.2 Å². The Labute approximate surface area is 211 Å². The average molecular weight is 520 g/mol. The normalized spacial score (nSPS) is 15.2. The molecule has 0 unspecified atom stereocenters. The largest absolute Gasteiger partial charge is 0.494 e. The van der Waals surface area contributed by atoms with Crippen LogP contribution < -0.4 is 15.8 Å². The van der Waals surface area contributed by atoms with Crippen LogP contribution in [0.25, 0.3) is 22.4 Å². The van der Waals surface area contributed by atoms with Gasteiger partial charge >= 0.3 is 6.18 Å². The van der Waals surface area contributed by atoms with Gasteiger partial charge in [0.15, 0.2) is 11.5 Å². The van der Waals surface area contributed by atoms with Crippen molar-refractivity contribution in [2.24, 2.45) is 5.73 Å². The van der Waals surface area contributed by atoms with Gasteiger partial charge in [-0.25, -0.2) is 9.97 Å². The van der Waals surface area contributed by atoms with Gasteiger partial charge in [-0.05, 0) is 57.9 Å². The Morgan fingerprint density at radius 2 is 1.81 bits per heavy atom. The summed E-state index contributed by atoms with van der Waals surface area (Å²) in [6, 6.07) is 4.35. The number of benzene rings is 1. The Morgan fingerprint density at radius 3 is 2.41 bits per heavy atom. The number of ether oxygens (including phenoxy) is 1. The molecule has 0 aliphatic carbocycles. The van der Waals surface area contributed by atoms with E-state index < -0.39 is 29.4 Å². The van der Waals surface area contributed by atoms with Gasteiger partial charge in [-0.2, -0.15) is 13.2 Å². The number of amides is 2. The summed E-state index contributed by atoms with van der Waals surface area (Å²) in [4.78, 5) is 36.0. The van der Waals surface area contributed by atoms with Crippen molar-refractivity contribution in [3.63, 3.8) is 0 Å². The van der Waals surface area contributed by atoms with Gasteiger partial charge < -0.3 is 25.1 Å². The van der Waals surface area contributed by atoms with E-state index in [0.717, 1.165) is 18.9 Å². The van der Waals surface area contributed by atoms with Gasteiger partial charge in [-0.15, -0.1) is 0 Å². The second-order valence-corrected chi connectivity index (χ2v) is 9.50. The van der Waals surface area contributed by atoms with E-state index in [1.165, 1.54) is 19.2 Å². The number of fused-ring (bicyclic) bond motifs is 1. The third kappa shape index (κ3) is 5.10. The lowest BCUT2D eigenvalue weighted by molar-refractivity contribution is -0.141. The number of likely N-dealkylation sites (tertiary alicyclic amines) is 1. The van der Waals surface area contributed by atoms with E-state index in [1.807, 2.05) is 0 Å². The summed E-state index contributed by atoms with van der Waals surface area (Å²) in [5.74, 6) is -0.702. The molecule has 1 aromatic carbocycles. The highest BCUT2D eigenvalue weighted by molar-refractivity contribution is 6.00. The number of aromatic nitrogens is 2. The summed E-state index contributed by atoms with van der Waals surface area (Å²) in [5.41, 5.74) is 3.90. The summed E-state index contributed by atoms with van der Waals surface area (Å²) >= 11 is 0. The number of carbonyl (C=O) groups is 2. The molecule has 9 nitrogen and oxygen atoms in total. The summed E-state index contributed by atoms with van der Waals surface area (Å²) in [5, 5.41) is 3.00. The monoisotopic (exact) mass is 519 g/mol. The number of hydrogen-bond acceptors (Lipinski definition) is 7. The van der Waals surface area contributed by atoms with Crippen molar-refractivity contribution < 1.29 is 31.9 Å². The van der Waals surface area contributed by atoms with Crippen LogP contribution in [0.15, 0.2) is 28.7 Å². The van der Waals surface area contributed by atoms with E-state index in [2.05, 4.69) is 15.3 Å². The molecule has 1 aliphatic rings. The highest BCUT2D eigenvalue weighted by Gasteiger charge is 2.37. The van der Waals surface area contributed by atoms with Gasteiger partial charge in [0.2, 0.25) is 11.8 Å². The maximum Gasteiger partial charge on any atom is 0.433 e. The van der Waals surface area contributed by atoms with Crippen molar-refractivity contribution in [2.75, 3.05) is 20.2 Å². The third-order valence-electron chi connectivity index (χ3n) is 6.20. The van der Waals surface area contributed by atoms with Crippen LogP contribution in [0.1, 0.15) is 61.6 Å². The molecule has 0 spiro atoms. The average Bonchev–Trinajstić information content (AvgIpc) is 3.52. The fraction of sp³-hybridized carbons (Fsp3) is 0.440. The number of pyridine rings is 1. The molecule has 37 heavy (non-hydrogen) atoms. The molecule has 2 aromatic heterocycles. The van der Waals surface area contributed by atoms with Crippen molar-refractivity contribution >= 4 is 22.7 Å². The summed E-state index contributed by atoms with van der Waals surface area (Å²) in [6.07, 6.45) is -2.83. The number of hydrogen-bond donors (Lipinski definition) is 2. The number of carbonyl (C=O) groups excluding carboxylic acids is 2. The molecule has 2 amide bonds. The molecule has 4 rings (SSSR count). The number of nitrogens with one attached hydrogen (secondary N) is 1. The van der Waals surface area contributed by atoms with Gasteiger partial charge in [0.25, 0.3) is 5.91 Å². The van der Waals surface area contributed by atoms with E-state index in [9.17, 15) is 22.8 Å². The first-order valence-electron chi connectivity index (χ1n) is 11.8. The van der Waals surface area contributed by atoms with E-state index in [0.29, 0.717) is 18.7 Å². The van der Waals surface area contributed by atoms with Gasteiger partial charge in [0, 0.05) is 24.0 Å². The molecule has 0 saturated carbocycles. The van der Waals surface area contributed by atoms with E-state index in [-0.39, 0.29) is 39.9 Å². The fourth-order valence-electron chi connectivity index (χ4n) is 4.33. The van der Waals surface area contributed by atoms with E-state index >= 15 is 0 Å². The first-order chi connectivity index (χ1) is 17.3. The highest BCUT2D eigenvalue weighted by Crippen LogP contribution is 2.37.